The van der Waals surface area contributed by atoms with Crippen molar-refractivity contribution in [3.05, 3.63) is 0 Å². The van der Waals surface area contributed by atoms with Crippen LogP contribution in [-0.2, 0) is 4.74 Å². The first-order valence-electron chi connectivity index (χ1n) is 7.29. The summed E-state index contributed by atoms with van der Waals surface area (Å²) in [5, 5.41) is 7.49. The van der Waals surface area contributed by atoms with E-state index in [1.54, 1.807) is 7.11 Å². The summed E-state index contributed by atoms with van der Waals surface area (Å²) in [4.78, 5) is 0. The number of piperidine rings is 1. The Morgan fingerprint density at radius 3 is 2.82 bits per heavy atom. The third-order valence-corrected chi connectivity index (χ3v) is 4.35. The normalized spacial score (nSPS) is 36.0. The van der Waals surface area contributed by atoms with Crippen molar-refractivity contribution < 1.29 is 4.74 Å². The summed E-state index contributed by atoms with van der Waals surface area (Å²) in [6, 6.07) is 1.95. The lowest BCUT2D eigenvalue weighted by molar-refractivity contribution is 0.156. The van der Waals surface area contributed by atoms with Crippen molar-refractivity contribution in [2.24, 2.45) is 5.92 Å². The predicted octanol–water partition coefficient (Wildman–Crippen LogP) is 1.92. The van der Waals surface area contributed by atoms with E-state index < -0.39 is 0 Å². The highest BCUT2D eigenvalue weighted by Gasteiger charge is 2.34. The van der Waals surface area contributed by atoms with Gasteiger partial charge in [0.2, 0.25) is 0 Å². The fraction of sp³-hybridized carbons (Fsp3) is 1.00. The van der Waals surface area contributed by atoms with Crippen molar-refractivity contribution in [3.8, 4) is 0 Å². The van der Waals surface area contributed by atoms with E-state index in [0.29, 0.717) is 12.1 Å². The molecule has 3 nitrogen and oxygen atoms in total. The van der Waals surface area contributed by atoms with Crippen LogP contribution in [0.3, 0.4) is 0 Å². The van der Waals surface area contributed by atoms with Crippen LogP contribution in [0.1, 0.15) is 45.4 Å². The van der Waals surface area contributed by atoms with Crippen molar-refractivity contribution >= 4 is 0 Å². The average Bonchev–Trinajstić information content (AvgIpc) is 2.78. The van der Waals surface area contributed by atoms with Gasteiger partial charge in [-0.25, -0.2) is 0 Å². The number of methoxy groups -OCH3 is 1. The number of hydrogen-bond acceptors (Lipinski definition) is 3. The molecule has 0 amide bonds. The van der Waals surface area contributed by atoms with Crippen LogP contribution >= 0.6 is 0 Å². The topological polar surface area (TPSA) is 33.3 Å². The molecule has 1 aliphatic carbocycles. The number of nitrogens with one attached hydrogen (secondary N) is 2. The summed E-state index contributed by atoms with van der Waals surface area (Å²) in [5.74, 6) is 0.842. The van der Waals surface area contributed by atoms with Crippen molar-refractivity contribution in [1.29, 1.82) is 0 Å². The SMILES string of the molecule is COCC(C)NC1CCCC1C1CCCCN1. The highest BCUT2D eigenvalue weighted by Crippen LogP contribution is 2.31. The van der Waals surface area contributed by atoms with Gasteiger partial charge < -0.3 is 15.4 Å². The summed E-state index contributed by atoms with van der Waals surface area (Å²) in [5.41, 5.74) is 0. The summed E-state index contributed by atoms with van der Waals surface area (Å²) >= 11 is 0. The Balaban J connectivity index is 1.83. The van der Waals surface area contributed by atoms with Crippen molar-refractivity contribution in [2.75, 3.05) is 20.3 Å². The lowest BCUT2D eigenvalue weighted by Crippen LogP contribution is -2.49. The Labute approximate surface area is 106 Å². The first-order chi connectivity index (χ1) is 8.31. The van der Waals surface area contributed by atoms with Crippen molar-refractivity contribution in [1.82, 2.24) is 10.6 Å². The maximum Gasteiger partial charge on any atom is 0.0613 e. The average molecular weight is 240 g/mol. The van der Waals surface area contributed by atoms with Gasteiger partial charge >= 0.3 is 0 Å². The Hall–Kier alpha value is -0.120. The van der Waals surface area contributed by atoms with Gasteiger partial charge in [-0.15, -0.1) is 0 Å². The number of rotatable bonds is 5. The zero-order valence-corrected chi connectivity index (χ0v) is 11.4. The van der Waals surface area contributed by atoms with Gasteiger partial charge in [0.1, 0.15) is 0 Å². The molecule has 2 fully saturated rings. The predicted molar refractivity (Wildman–Crippen MR) is 71.2 cm³/mol. The first kappa shape index (κ1) is 13.3. The minimum absolute atomic E-state index is 0.481. The molecule has 0 aromatic heterocycles. The van der Waals surface area contributed by atoms with E-state index in [4.69, 9.17) is 4.74 Å². The minimum Gasteiger partial charge on any atom is -0.383 e. The number of ether oxygens (including phenoxy) is 1. The molecular formula is C14H28N2O. The summed E-state index contributed by atoms with van der Waals surface area (Å²) in [7, 11) is 1.78. The second kappa shape index (κ2) is 6.72. The molecule has 2 aliphatic rings. The smallest absolute Gasteiger partial charge is 0.0613 e. The zero-order valence-electron chi connectivity index (χ0n) is 11.4. The molecule has 1 saturated carbocycles. The molecule has 0 aromatic carbocycles. The van der Waals surface area contributed by atoms with Gasteiger partial charge in [-0.3, -0.25) is 0 Å². The molecular weight excluding hydrogens is 212 g/mol. The highest BCUT2D eigenvalue weighted by molar-refractivity contribution is 4.93. The molecule has 17 heavy (non-hydrogen) atoms. The quantitative estimate of drug-likeness (QED) is 0.770. The van der Waals surface area contributed by atoms with Gasteiger partial charge in [0.05, 0.1) is 6.61 Å². The highest BCUT2D eigenvalue weighted by atomic mass is 16.5. The van der Waals surface area contributed by atoms with Crippen molar-refractivity contribution in [2.45, 2.75) is 63.6 Å². The molecule has 4 atom stereocenters. The zero-order chi connectivity index (χ0) is 12.1. The fourth-order valence-corrected chi connectivity index (χ4v) is 3.59. The molecule has 2 N–H and O–H groups in total. The largest absolute Gasteiger partial charge is 0.383 e. The van der Waals surface area contributed by atoms with E-state index in [2.05, 4.69) is 17.6 Å². The van der Waals surface area contributed by atoms with Crippen LogP contribution in [0.15, 0.2) is 0 Å². The lowest BCUT2D eigenvalue weighted by Gasteiger charge is -2.34. The van der Waals surface area contributed by atoms with Crippen LogP contribution in [0.4, 0.5) is 0 Å². The molecule has 2 rings (SSSR count). The third kappa shape index (κ3) is 3.67. The van der Waals surface area contributed by atoms with E-state index >= 15 is 0 Å². The van der Waals surface area contributed by atoms with Crippen LogP contribution in [-0.4, -0.2) is 38.4 Å². The molecule has 0 aromatic rings. The van der Waals surface area contributed by atoms with E-state index in [1.165, 1.54) is 45.1 Å². The van der Waals surface area contributed by atoms with Gasteiger partial charge in [-0.2, -0.15) is 0 Å². The molecule has 1 heterocycles. The molecule has 1 saturated heterocycles. The molecule has 0 radical (unpaired) electrons. The molecule has 100 valence electrons. The van der Waals surface area contributed by atoms with Crippen LogP contribution in [0.5, 0.6) is 0 Å². The molecule has 0 spiro atoms. The van der Waals surface area contributed by atoms with Crippen LogP contribution in [0, 0.1) is 5.92 Å². The Morgan fingerprint density at radius 2 is 2.12 bits per heavy atom. The summed E-state index contributed by atoms with van der Waals surface area (Å²) < 4.78 is 5.22. The lowest BCUT2D eigenvalue weighted by atomic mass is 9.88. The second-order valence-electron chi connectivity index (χ2n) is 5.78. The third-order valence-electron chi connectivity index (χ3n) is 4.35. The number of hydrogen-bond donors (Lipinski definition) is 2. The van der Waals surface area contributed by atoms with Gasteiger partial charge in [-0.1, -0.05) is 12.8 Å². The van der Waals surface area contributed by atoms with Gasteiger partial charge in [0.15, 0.2) is 0 Å². The van der Waals surface area contributed by atoms with E-state index in [1.807, 2.05) is 0 Å². The standard InChI is InChI=1S/C14H28N2O/c1-11(10-17-2)16-14-8-5-6-12(14)13-7-3-4-9-15-13/h11-16H,3-10H2,1-2H3. The van der Waals surface area contributed by atoms with Gasteiger partial charge in [-0.05, 0) is 45.1 Å². The maximum absolute atomic E-state index is 5.22. The minimum atomic E-state index is 0.481. The monoisotopic (exact) mass is 240 g/mol. The molecule has 4 unspecified atom stereocenters. The van der Waals surface area contributed by atoms with Crippen LogP contribution in [0.25, 0.3) is 0 Å². The fourth-order valence-electron chi connectivity index (χ4n) is 3.59. The molecule has 3 heteroatoms. The van der Waals surface area contributed by atoms with Crippen LogP contribution < -0.4 is 10.6 Å². The second-order valence-corrected chi connectivity index (χ2v) is 5.78. The van der Waals surface area contributed by atoms with Gasteiger partial charge in [0.25, 0.3) is 0 Å². The summed E-state index contributed by atoms with van der Waals surface area (Å²) in [6.07, 6.45) is 8.28. The van der Waals surface area contributed by atoms with Crippen molar-refractivity contribution in [3.63, 3.8) is 0 Å². The maximum atomic E-state index is 5.22. The molecule has 0 bridgehead atoms. The van der Waals surface area contributed by atoms with Crippen LogP contribution in [0.2, 0.25) is 0 Å². The van der Waals surface area contributed by atoms with E-state index in [-0.39, 0.29) is 0 Å². The van der Waals surface area contributed by atoms with E-state index in [0.717, 1.165) is 18.6 Å². The Kier molecular flexibility index (Phi) is 5.26. The Morgan fingerprint density at radius 1 is 1.24 bits per heavy atom. The molecule has 1 aliphatic heterocycles. The van der Waals surface area contributed by atoms with Gasteiger partial charge in [0, 0.05) is 25.2 Å². The van der Waals surface area contributed by atoms with E-state index in [9.17, 15) is 0 Å². The Bertz CT molecular complexity index is 216. The summed E-state index contributed by atoms with van der Waals surface area (Å²) in [6.45, 7) is 4.27. The first-order valence-corrected chi connectivity index (χ1v) is 7.29.